The molecule has 2 amide bonds. The zero-order chi connectivity index (χ0) is 13.0. The molecule has 0 unspecified atom stereocenters. The van der Waals surface area contributed by atoms with Crippen LogP contribution in [0.4, 0.5) is 0 Å². The van der Waals surface area contributed by atoms with E-state index in [9.17, 15) is 9.59 Å². The number of aromatic nitrogens is 3. The van der Waals surface area contributed by atoms with Crippen LogP contribution in [-0.4, -0.2) is 27.2 Å². The molecule has 4 N–H and O–H groups in total. The van der Waals surface area contributed by atoms with Gasteiger partial charge >= 0.3 is 0 Å². The molecule has 0 aliphatic heterocycles. The van der Waals surface area contributed by atoms with Gasteiger partial charge in [-0.15, -0.1) is 0 Å². The van der Waals surface area contributed by atoms with Crippen molar-refractivity contribution in [2.75, 3.05) is 0 Å². The molecule has 92 valence electrons. The van der Waals surface area contributed by atoms with Crippen LogP contribution in [0.1, 0.15) is 26.4 Å². The maximum atomic E-state index is 11.6. The van der Waals surface area contributed by atoms with Crippen LogP contribution >= 0.6 is 0 Å². The van der Waals surface area contributed by atoms with E-state index in [0.29, 0.717) is 5.56 Å². The van der Waals surface area contributed by atoms with Gasteiger partial charge in [0.15, 0.2) is 5.69 Å². The van der Waals surface area contributed by atoms with Crippen molar-refractivity contribution in [3.63, 3.8) is 0 Å². The number of nitrogens with one attached hydrogen (secondary N) is 2. The molecule has 0 radical (unpaired) electrons. The van der Waals surface area contributed by atoms with Crippen LogP contribution in [0, 0.1) is 0 Å². The molecule has 7 heteroatoms. The number of primary amides is 1. The van der Waals surface area contributed by atoms with Crippen LogP contribution in [0.2, 0.25) is 0 Å². The third-order valence-electron chi connectivity index (χ3n) is 2.31. The van der Waals surface area contributed by atoms with Crippen molar-refractivity contribution in [1.82, 2.24) is 20.7 Å². The van der Waals surface area contributed by atoms with Crippen molar-refractivity contribution in [3.8, 4) is 0 Å². The largest absolute Gasteiger partial charge is 0.366 e. The quantitative estimate of drug-likeness (QED) is 0.694. The fourth-order valence-electron chi connectivity index (χ4n) is 1.42. The smallest absolute Gasteiger partial charge is 0.273 e. The van der Waals surface area contributed by atoms with E-state index < -0.39 is 5.91 Å². The monoisotopic (exact) mass is 245 g/mol. The molecule has 0 aliphatic rings. The second-order valence-corrected chi connectivity index (χ2v) is 3.60. The van der Waals surface area contributed by atoms with Crippen LogP contribution in [-0.2, 0) is 6.54 Å². The van der Waals surface area contributed by atoms with Gasteiger partial charge in [-0.1, -0.05) is 12.1 Å². The van der Waals surface area contributed by atoms with Gasteiger partial charge in [0.05, 0.1) is 6.20 Å². The van der Waals surface area contributed by atoms with E-state index in [0.717, 1.165) is 5.56 Å². The SMILES string of the molecule is NC(=O)c1cccc(CNC(=O)c2cn[nH]n2)c1. The number of hydrogen-bond donors (Lipinski definition) is 3. The lowest BCUT2D eigenvalue weighted by Gasteiger charge is -2.04. The summed E-state index contributed by atoms with van der Waals surface area (Å²) in [5.41, 5.74) is 6.56. The van der Waals surface area contributed by atoms with E-state index in [-0.39, 0.29) is 18.1 Å². The van der Waals surface area contributed by atoms with Crippen molar-refractivity contribution in [3.05, 3.63) is 47.3 Å². The average Bonchev–Trinajstić information content (AvgIpc) is 2.90. The maximum absolute atomic E-state index is 11.6. The first-order chi connectivity index (χ1) is 8.66. The van der Waals surface area contributed by atoms with Gasteiger partial charge in [0.1, 0.15) is 0 Å². The van der Waals surface area contributed by atoms with Gasteiger partial charge in [-0.2, -0.15) is 15.4 Å². The number of rotatable bonds is 4. The van der Waals surface area contributed by atoms with Gasteiger partial charge in [-0.05, 0) is 17.7 Å². The van der Waals surface area contributed by atoms with Crippen LogP contribution in [0.25, 0.3) is 0 Å². The number of aromatic amines is 1. The van der Waals surface area contributed by atoms with Crippen molar-refractivity contribution < 1.29 is 9.59 Å². The molecule has 0 fully saturated rings. The molecule has 0 aliphatic carbocycles. The molecule has 0 spiro atoms. The summed E-state index contributed by atoms with van der Waals surface area (Å²) in [6.07, 6.45) is 1.33. The summed E-state index contributed by atoms with van der Waals surface area (Å²) in [6.45, 7) is 0.285. The Morgan fingerprint density at radius 1 is 1.39 bits per heavy atom. The minimum Gasteiger partial charge on any atom is -0.366 e. The molecule has 7 nitrogen and oxygen atoms in total. The Morgan fingerprint density at radius 2 is 2.22 bits per heavy atom. The number of nitrogens with two attached hydrogens (primary N) is 1. The van der Waals surface area contributed by atoms with Crippen molar-refractivity contribution in [2.45, 2.75) is 6.54 Å². The zero-order valence-electron chi connectivity index (χ0n) is 9.38. The van der Waals surface area contributed by atoms with E-state index in [4.69, 9.17) is 5.73 Å². The minimum absolute atomic E-state index is 0.209. The van der Waals surface area contributed by atoms with Crippen molar-refractivity contribution in [1.29, 1.82) is 0 Å². The first-order valence-electron chi connectivity index (χ1n) is 5.19. The molecule has 2 aromatic rings. The van der Waals surface area contributed by atoms with Gasteiger partial charge in [-0.3, -0.25) is 9.59 Å². The average molecular weight is 245 g/mol. The maximum Gasteiger partial charge on any atom is 0.273 e. The Bertz CT molecular complexity index is 565. The highest BCUT2D eigenvalue weighted by Gasteiger charge is 2.08. The van der Waals surface area contributed by atoms with Crippen LogP contribution in [0.3, 0.4) is 0 Å². The van der Waals surface area contributed by atoms with Crippen molar-refractivity contribution in [2.24, 2.45) is 5.73 Å². The lowest BCUT2D eigenvalue weighted by atomic mass is 10.1. The molecule has 0 bridgehead atoms. The summed E-state index contributed by atoms with van der Waals surface area (Å²) in [6, 6.07) is 6.74. The lowest BCUT2D eigenvalue weighted by molar-refractivity contribution is 0.0945. The van der Waals surface area contributed by atoms with Crippen molar-refractivity contribution >= 4 is 11.8 Å². The Morgan fingerprint density at radius 3 is 2.89 bits per heavy atom. The number of carbonyl (C=O) groups excluding carboxylic acids is 2. The number of nitrogens with zero attached hydrogens (tertiary/aromatic N) is 2. The normalized spacial score (nSPS) is 10.0. The Hall–Kier alpha value is -2.70. The Balaban J connectivity index is 2.00. The number of carbonyl (C=O) groups is 2. The Kier molecular flexibility index (Phi) is 3.33. The summed E-state index contributed by atoms with van der Waals surface area (Å²) in [5.74, 6) is -0.840. The van der Waals surface area contributed by atoms with E-state index in [1.54, 1.807) is 24.3 Å². The zero-order valence-corrected chi connectivity index (χ0v) is 9.38. The topological polar surface area (TPSA) is 114 Å². The molecule has 1 aromatic carbocycles. The highest BCUT2D eigenvalue weighted by molar-refractivity contribution is 5.93. The molecule has 1 aromatic heterocycles. The standard InChI is InChI=1S/C11H11N5O2/c12-10(17)8-3-1-2-7(4-8)5-13-11(18)9-6-14-16-15-9/h1-4,6H,5H2,(H2,12,17)(H,13,18)(H,14,15,16). The number of H-pyrrole nitrogens is 1. The number of hydrogen-bond acceptors (Lipinski definition) is 4. The highest BCUT2D eigenvalue weighted by atomic mass is 16.2. The summed E-state index contributed by atoms with van der Waals surface area (Å²) >= 11 is 0. The second-order valence-electron chi connectivity index (χ2n) is 3.60. The minimum atomic E-state index is -0.500. The predicted molar refractivity (Wildman–Crippen MR) is 62.5 cm³/mol. The van der Waals surface area contributed by atoms with Gasteiger partial charge in [-0.25, -0.2) is 0 Å². The van der Waals surface area contributed by atoms with Gasteiger partial charge < -0.3 is 11.1 Å². The number of benzene rings is 1. The molecule has 18 heavy (non-hydrogen) atoms. The van der Waals surface area contributed by atoms with E-state index in [2.05, 4.69) is 20.7 Å². The van der Waals surface area contributed by atoms with Crippen LogP contribution in [0.5, 0.6) is 0 Å². The van der Waals surface area contributed by atoms with Gasteiger partial charge in [0, 0.05) is 12.1 Å². The third-order valence-corrected chi connectivity index (χ3v) is 2.31. The summed E-state index contributed by atoms with van der Waals surface area (Å²) in [5, 5.41) is 12.2. The summed E-state index contributed by atoms with van der Waals surface area (Å²) < 4.78 is 0. The fraction of sp³-hybridized carbons (Fsp3) is 0.0909. The van der Waals surface area contributed by atoms with Gasteiger partial charge in [0.25, 0.3) is 5.91 Å². The van der Waals surface area contributed by atoms with Crippen LogP contribution in [0.15, 0.2) is 30.5 Å². The Labute approximate surface area is 102 Å². The van der Waals surface area contributed by atoms with Gasteiger partial charge in [0.2, 0.25) is 5.91 Å². The van der Waals surface area contributed by atoms with E-state index >= 15 is 0 Å². The first-order valence-corrected chi connectivity index (χ1v) is 5.19. The molecule has 1 heterocycles. The molecule has 0 atom stereocenters. The van der Waals surface area contributed by atoms with E-state index in [1.165, 1.54) is 6.20 Å². The predicted octanol–water partition coefficient (Wildman–Crippen LogP) is -0.166. The molecule has 0 saturated heterocycles. The molecular formula is C11H11N5O2. The fourth-order valence-corrected chi connectivity index (χ4v) is 1.42. The van der Waals surface area contributed by atoms with Crippen LogP contribution < -0.4 is 11.1 Å². The molecular weight excluding hydrogens is 234 g/mol. The summed E-state index contributed by atoms with van der Waals surface area (Å²) in [7, 11) is 0. The molecule has 0 saturated carbocycles. The second kappa shape index (κ2) is 5.09. The lowest BCUT2D eigenvalue weighted by Crippen LogP contribution is -2.23. The highest BCUT2D eigenvalue weighted by Crippen LogP contribution is 2.04. The molecule has 2 rings (SSSR count). The third kappa shape index (κ3) is 2.70. The van der Waals surface area contributed by atoms with E-state index in [1.807, 2.05) is 0 Å². The number of amides is 2. The summed E-state index contributed by atoms with van der Waals surface area (Å²) in [4.78, 5) is 22.6. The first kappa shape index (κ1) is 11.8.